The first-order valence-electron chi connectivity index (χ1n) is 13.2. The largest absolute Gasteiger partial charge is 0.353 e. The predicted molar refractivity (Wildman–Crippen MR) is 164 cm³/mol. The summed E-state index contributed by atoms with van der Waals surface area (Å²) in [6.45, 7) is 0. The van der Waals surface area contributed by atoms with Crippen molar-refractivity contribution in [3.8, 4) is 0 Å². The number of nitrogens with one attached hydrogen (secondary N) is 2. The molecule has 0 radical (unpaired) electrons. The summed E-state index contributed by atoms with van der Waals surface area (Å²) >= 11 is 0. The number of imidazole rings is 1. The van der Waals surface area contributed by atoms with Crippen molar-refractivity contribution in [2.45, 2.75) is 44.6 Å². The third-order valence-electron chi connectivity index (χ3n) is 7.31. The molecule has 4 aromatic rings. The molecule has 0 amide bonds. The summed E-state index contributed by atoms with van der Waals surface area (Å²) in [5.41, 5.74) is 6.02. The minimum absolute atomic E-state index is 0. The van der Waals surface area contributed by atoms with E-state index in [4.69, 9.17) is 4.98 Å². The molecule has 2 N–H and O–H groups in total. The van der Waals surface area contributed by atoms with Gasteiger partial charge in [0.25, 0.3) is 0 Å². The van der Waals surface area contributed by atoms with Crippen LogP contribution in [0.15, 0.2) is 60.8 Å². The van der Waals surface area contributed by atoms with Crippen LogP contribution in [-0.2, 0) is 23.3 Å². The molecule has 0 atom stereocenters. The standard InChI is InChI=1S/C29H36N6O2S.ClH/c1-34(24-13-14-27-26(19-24)33-29(35(27)2)32-22-7-5-4-6-8-22)25-15-17-30-28(20-25)31-23-11-9-21(10-12-23)16-18-38(3,36)37;/h9-15,17,19-20,22H,4-8,16,18H2,1-3H3,(H,30,31)(H,32,33);1H. The van der Waals surface area contributed by atoms with Crippen molar-refractivity contribution in [1.82, 2.24) is 14.5 Å². The van der Waals surface area contributed by atoms with Crippen molar-refractivity contribution < 1.29 is 8.42 Å². The topological polar surface area (TPSA) is 92.2 Å². The van der Waals surface area contributed by atoms with Crippen molar-refractivity contribution in [3.05, 3.63) is 66.4 Å². The molecule has 0 aliphatic heterocycles. The molecular formula is C29H37ClN6O2S. The second-order valence-electron chi connectivity index (χ2n) is 10.3. The highest BCUT2D eigenvalue weighted by Gasteiger charge is 2.17. The van der Waals surface area contributed by atoms with E-state index in [1.165, 1.54) is 38.4 Å². The molecule has 208 valence electrons. The van der Waals surface area contributed by atoms with Gasteiger partial charge >= 0.3 is 0 Å². The zero-order chi connectivity index (χ0) is 26.7. The SMILES string of the molecule is CN(c1ccnc(Nc2ccc(CCS(C)(=O)=O)cc2)c1)c1ccc2c(c1)nc(NC1CCCCC1)n2C.Cl. The lowest BCUT2D eigenvalue weighted by atomic mass is 9.96. The molecule has 1 aliphatic carbocycles. The molecule has 5 rings (SSSR count). The van der Waals surface area contributed by atoms with E-state index < -0.39 is 9.84 Å². The van der Waals surface area contributed by atoms with E-state index in [9.17, 15) is 8.42 Å². The van der Waals surface area contributed by atoms with Crippen LogP contribution in [0.3, 0.4) is 0 Å². The van der Waals surface area contributed by atoms with Crippen LogP contribution in [0.1, 0.15) is 37.7 Å². The highest BCUT2D eigenvalue weighted by molar-refractivity contribution is 7.90. The molecular weight excluding hydrogens is 532 g/mol. The number of hydrogen-bond donors (Lipinski definition) is 2. The van der Waals surface area contributed by atoms with Gasteiger partial charge in [0, 0.05) is 55.7 Å². The summed E-state index contributed by atoms with van der Waals surface area (Å²) < 4.78 is 25.0. The number of hydrogen-bond acceptors (Lipinski definition) is 7. The number of sulfone groups is 1. The molecule has 0 unspecified atom stereocenters. The number of fused-ring (bicyclic) bond motifs is 1. The Morgan fingerprint density at radius 2 is 1.72 bits per heavy atom. The number of anilines is 5. The number of aromatic nitrogens is 3. The van der Waals surface area contributed by atoms with E-state index in [2.05, 4.69) is 50.3 Å². The monoisotopic (exact) mass is 568 g/mol. The Morgan fingerprint density at radius 3 is 2.44 bits per heavy atom. The van der Waals surface area contributed by atoms with Crippen LogP contribution in [0.2, 0.25) is 0 Å². The first-order valence-corrected chi connectivity index (χ1v) is 15.3. The minimum atomic E-state index is -2.97. The fourth-order valence-corrected chi connectivity index (χ4v) is 5.61. The normalized spacial score (nSPS) is 14.1. The smallest absolute Gasteiger partial charge is 0.203 e. The highest BCUT2D eigenvalue weighted by atomic mass is 35.5. The Bertz CT molecular complexity index is 1510. The molecule has 10 heteroatoms. The van der Waals surface area contributed by atoms with Crippen molar-refractivity contribution in [2.24, 2.45) is 7.05 Å². The average molecular weight is 569 g/mol. The summed E-state index contributed by atoms with van der Waals surface area (Å²) in [6, 6.07) is 18.7. The molecule has 0 saturated heterocycles. The Balaban J connectivity index is 0.00000353. The molecule has 2 heterocycles. The number of halogens is 1. The lowest BCUT2D eigenvalue weighted by molar-refractivity contribution is 0.460. The summed E-state index contributed by atoms with van der Waals surface area (Å²) in [7, 11) is 1.14. The Kier molecular flexibility index (Phi) is 9.02. The van der Waals surface area contributed by atoms with E-state index in [-0.39, 0.29) is 18.2 Å². The number of aryl methyl sites for hydroxylation is 2. The number of nitrogens with zero attached hydrogens (tertiary/aromatic N) is 4. The molecule has 39 heavy (non-hydrogen) atoms. The number of rotatable bonds is 9. The summed E-state index contributed by atoms with van der Waals surface area (Å²) in [5.74, 6) is 1.82. The van der Waals surface area contributed by atoms with Gasteiger partial charge in [0.15, 0.2) is 0 Å². The maximum absolute atomic E-state index is 11.4. The molecule has 8 nitrogen and oxygen atoms in total. The van der Waals surface area contributed by atoms with Gasteiger partial charge in [-0.1, -0.05) is 31.4 Å². The lowest BCUT2D eigenvalue weighted by Crippen LogP contribution is -2.23. The van der Waals surface area contributed by atoms with Crippen LogP contribution in [0.5, 0.6) is 0 Å². The summed E-state index contributed by atoms with van der Waals surface area (Å²) in [6.07, 6.45) is 9.90. The maximum Gasteiger partial charge on any atom is 0.203 e. The molecule has 1 saturated carbocycles. The van der Waals surface area contributed by atoms with Crippen LogP contribution < -0.4 is 15.5 Å². The Labute approximate surface area is 237 Å². The lowest BCUT2D eigenvalue weighted by Gasteiger charge is -2.23. The van der Waals surface area contributed by atoms with Gasteiger partial charge in [-0.05, 0) is 61.2 Å². The first kappa shape index (κ1) is 28.7. The van der Waals surface area contributed by atoms with Crippen molar-refractivity contribution in [3.63, 3.8) is 0 Å². The summed E-state index contributed by atoms with van der Waals surface area (Å²) in [5, 5.41) is 7.01. The predicted octanol–water partition coefficient (Wildman–Crippen LogP) is 6.23. The van der Waals surface area contributed by atoms with Crippen molar-refractivity contribution in [2.75, 3.05) is 34.6 Å². The average Bonchev–Trinajstić information content (AvgIpc) is 3.22. The Hall–Kier alpha value is -3.30. The van der Waals surface area contributed by atoms with Gasteiger partial charge in [0.2, 0.25) is 5.95 Å². The Morgan fingerprint density at radius 1 is 1.00 bits per heavy atom. The third kappa shape index (κ3) is 7.22. The second-order valence-corrected chi connectivity index (χ2v) is 12.6. The van der Waals surface area contributed by atoms with Crippen LogP contribution in [0.25, 0.3) is 11.0 Å². The molecule has 2 aromatic carbocycles. The number of pyridine rings is 1. The van der Waals surface area contributed by atoms with Crippen molar-refractivity contribution >= 4 is 62.1 Å². The van der Waals surface area contributed by atoms with E-state index >= 15 is 0 Å². The van der Waals surface area contributed by atoms with E-state index in [1.54, 1.807) is 6.20 Å². The third-order valence-corrected chi connectivity index (χ3v) is 8.25. The molecule has 1 aliphatic rings. The maximum atomic E-state index is 11.4. The van der Waals surface area contributed by atoms with E-state index in [0.29, 0.717) is 12.5 Å². The second kappa shape index (κ2) is 12.3. The molecule has 0 bridgehead atoms. The van der Waals surface area contributed by atoms with E-state index in [0.717, 1.165) is 45.4 Å². The van der Waals surface area contributed by atoms with Gasteiger partial charge in [-0.25, -0.2) is 18.4 Å². The van der Waals surface area contributed by atoms with Crippen LogP contribution in [0.4, 0.5) is 28.8 Å². The van der Waals surface area contributed by atoms with Gasteiger partial charge in [-0.2, -0.15) is 0 Å². The van der Waals surface area contributed by atoms with Gasteiger partial charge in [0.05, 0.1) is 16.8 Å². The van der Waals surface area contributed by atoms with Gasteiger partial charge in [0.1, 0.15) is 15.7 Å². The number of benzene rings is 2. The van der Waals surface area contributed by atoms with Crippen LogP contribution >= 0.6 is 12.4 Å². The summed E-state index contributed by atoms with van der Waals surface area (Å²) in [4.78, 5) is 11.5. The minimum Gasteiger partial charge on any atom is -0.353 e. The molecule has 0 spiro atoms. The molecule has 2 aromatic heterocycles. The fraction of sp³-hybridized carbons (Fsp3) is 0.379. The molecule has 1 fully saturated rings. The first-order chi connectivity index (χ1) is 18.2. The quantitative estimate of drug-likeness (QED) is 0.247. The van der Waals surface area contributed by atoms with Crippen molar-refractivity contribution in [1.29, 1.82) is 0 Å². The van der Waals surface area contributed by atoms with Gasteiger partial charge < -0.3 is 20.1 Å². The highest BCUT2D eigenvalue weighted by Crippen LogP contribution is 2.30. The zero-order valence-electron chi connectivity index (χ0n) is 22.7. The van der Waals surface area contributed by atoms with Crippen LogP contribution in [0, 0.1) is 0 Å². The van der Waals surface area contributed by atoms with Gasteiger partial charge in [-0.3, -0.25) is 0 Å². The van der Waals surface area contributed by atoms with E-state index in [1.807, 2.05) is 43.4 Å². The van der Waals surface area contributed by atoms with Gasteiger partial charge in [-0.15, -0.1) is 12.4 Å². The van der Waals surface area contributed by atoms with Crippen LogP contribution in [-0.4, -0.2) is 48.1 Å². The fourth-order valence-electron chi connectivity index (χ4n) is 5.01. The zero-order valence-corrected chi connectivity index (χ0v) is 24.4.